The zero-order valence-corrected chi connectivity index (χ0v) is 27.8. The standard InChI is InChI=1S/C24H34N4O2.C8H10O.C2H6.CH5N/c1-6-16(3)10-11-30-22-9-8-19(12-18(22)7-2)20-13-21-24(25-14-20)28(5)23(27-21)17(4)26-15-29;1-9-7-8-5-3-2-4-6-8;2*1-2/h8-9,12-17,23,27H,6-7,10-11H2,1-5H3,(H,26,29);2-6H,7H2,1H3;1-2H3;2H2,1H3. The van der Waals surface area contributed by atoms with Gasteiger partial charge in [-0.15, -0.1) is 0 Å². The number of hydrogen-bond acceptors (Lipinski definition) is 7. The molecule has 43 heavy (non-hydrogen) atoms. The maximum Gasteiger partial charge on any atom is 0.207 e. The molecule has 4 N–H and O–H groups in total. The lowest BCUT2D eigenvalue weighted by Crippen LogP contribution is -2.48. The highest BCUT2D eigenvalue weighted by molar-refractivity contribution is 5.79. The van der Waals surface area contributed by atoms with Crippen molar-refractivity contribution in [3.63, 3.8) is 0 Å². The molecule has 0 spiro atoms. The number of fused-ring (bicyclic) bond motifs is 1. The molecular weight excluding hydrogens is 538 g/mol. The molecule has 1 amide bonds. The van der Waals surface area contributed by atoms with Crippen molar-refractivity contribution < 1.29 is 14.3 Å². The van der Waals surface area contributed by atoms with E-state index in [1.165, 1.54) is 24.6 Å². The molecule has 1 aromatic heterocycles. The van der Waals surface area contributed by atoms with E-state index in [2.05, 4.69) is 71.3 Å². The smallest absolute Gasteiger partial charge is 0.207 e. The van der Waals surface area contributed by atoms with Crippen molar-refractivity contribution >= 4 is 17.9 Å². The number of carbonyl (C=O) groups excluding carboxylic acids is 1. The van der Waals surface area contributed by atoms with Crippen molar-refractivity contribution in [1.82, 2.24) is 10.3 Å². The first-order valence-corrected chi connectivity index (χ1v) is 15.5. The van der Waals surface area contributed by atoms with Crippen LogP contribution in [0.4, 0.5) is 11.5 Å². The quantitative estimate of drug-likeness (QED) is 0.197. The number of rotatable bonds is 12. The van der Waals surface area contributed by atoms with E-state index in [4.69, 9.17) is 9.47 Å². The molecule has 3 aromatic rings. The van der Waals surface area contributed by atoms with E-state index < -0.39 is 0 Å². The maximum atomic E-state index is 10.8. The monoisotopic (exact) mass is 593 g/mol. The van der Waals surface area contributed by atoms with Crippen molar-refractivity contribution in [2.75, 3.05) is 38.0 Å². The Bertz CT molecular complexity index is 1180. The molecule has 0 saturated carbocycles. The number of methoxy groups -OCH3 is 1. The lowest BCUT2D eigenvalue weighted by atomic mass is 10.0. The summed E-state index contributed by atoms with van der Waals surface area (Å²) in [5.41, 5.74) is 10.1. The number of ether oxygens (including phenoxy) is 2. The average Bonchev–Trinajstić information content (AvgIpc) is 3.39. The maximum absolute atomic E-state index is 10.8. The molecule has 0 saturated heterocycles. The molecule has 2 aromatic carbocycles. The third-order valence-electron chi connectivity index (χ3n) is 7.22. The molecule has 0 aliphatic carbocycles. The van der Waals surface area contributed by atoms with Gasteiger partial charge in [0.2, 0.25) is 6.41 Å². The highest BCUT2D eigenvalue weighted by Gasteiger charge is 2.31. The van der Waals surface area contributed by atoms with Gasteiger partial charge in [-0.2, -0.15) is 0 Å². The molecule has 3 unspecified atom stereocenters. The van der Waals surface area contributed by atoms with Crippen LogP contribution in [0.1, 0.15) is 65.5 Å². The first-order valence-electron chi connectivity index (χ1n) is 15.5. The van der Waals surface area contributed by atoms with Crippen LogP contribution in [0.2, 0.25) is 0 Å². The Morgan fingerprint density at radius 3 is 2.37 bits per heavy atom. The van der Waals surface area contributed by atoms with Gasteiger partial charge in [0.25, 0.3) is 0 Å². The van der Waals surface area contributed by atoms with Gasteiger partial charge in [0.05, 0.1) is 24.9 Å². The number of amides is 1. The lowest BCUT2D eigenvalue weighted by molar-refractivity contribution is -0.110. The fourth-order valence-corrected chi connectivity index (χ4v) is 4.54. The van der Waals surface area contributed by atoms with Crippen molar-refractivity contribution in [2.24, 2.45) is 11.7 Å². The van der Waals surface area contributed by atoms with Crippen molar-refractivity contribution in [2.45, 2.75) is 79.6 Å². The first kappa shape index (κ1) is 37.4. The number of aromatic nitrogens is 1. The zero-order chi connectivity index (χ0) is 32.2. The van der Waals surface area contributed by atoms with Crippen molar-refractivity contribution in [3.05, 3.63) is 71.9 Å². The van der Waals surface area contributed by atoms with E-state index in [-0.39, 0.29) is 12.2 Å². The number of pyridine rings is 1. The molecule has 0 radical (unpaired) electrons. The molecule has 1 aliphatic heterocycles. The molecule has 0 fully saturated rings. The molecule has 8 heteroatoms. The summed E-state index contributed by atoms with van der Waals surface area (Å²) in [5.74, 6) is 2.56. The van der Waals surface area contributed by atoms with Crippen LogP contribution in [0.25, 0.3) is 11.1 Å². The van der Waals surface area contributed by atoms with Gasteiger partial charge < -0.3 is 30.7 Å². The summed E-state index contributed by atoms with van der Waals surface area (Å²) in [5, 5.41) is 6.30. The number of benzene rings is 2. The van der Waals surface area contributed by atoms with E-state index >= 15 is 0 Å². The summed E-state index contributed by atoms with van der Waals surface area (Å²) in [6, 6.07) is 18.6. The van der Waals surface area contributed by atoms with E-state index in [1.54, 1.807) is 7.11 Å². The highest BCUT2D eigenvalue weighted by atomic mass is 16.5. The SMILES string of the molecule is CC.CCc1cc(-c2cnc3c(c2)NC(C(C)NC=O)N3C)ccc1OCCC(C)CC.CN.COCc1ccccc1. The zero-order valence-electron chi connectivity index (χ0n) is 27.8. The fourth-order valence-electron chi connectivity index (χ4n) is 4.54. The number of aryl methyl sites for hydroxylation is 1. The number of nitrogens with zero attached hydrogens (tertiary/aromatic N) is 2. The summed E-state index contributed by atoms with van der Waals surface area (Å²) in [7, 11) is 5.19. The number of nitrogens with one attached hydrogen (secondary N) is 2. The first-order chi connectivity index (χ1) is 20.9. The molecule has 4 rings (SSSR count). The van der Waals surface area contributed by atoms with Crippen LogP contribution in [-0.2, 0) is 22.6 Å². The molecule has 3 atom stereocenters. The van der Waals surface area contributed by atoms with Crippen LogP contribution >= 0.6 is 0 Å². The summed E-state index contributed by atoms with van der Waals surface area (Å²) < 4.78 is 11.0. The molecule has 8 nitrogen and oxygen atoms in total. The normalized spacial score (nSPS) is 14.2. The second-order valence-corrected chi connectivity index (χ2v) is 10.1. The number of nitrogens with two attached hydrogens (primary N) is 1. The van der Waals surface area contributed by atoms with Gasteiger partial charge in [-0.1, -0.05) is 77.4 Å². The van der Waals surface area contributed by atoms with Gasteiger partial charge in [0.15, 0.2) is 5.82 Å². The Balaban J connectivity index is 0.000000597. The third-order valence-corrected chi connectivity index (χ3v) is 7.22. The van der Waals surface area contributed by atoms with Crippen molar-refractivity contribution in [3.8, 4) is 16.9 Å². The molecule has 0 bridgehead atoms. The Morgan fingerprint density at radius 1 is 1.07 bits per heavy atom. The van der Waals surface area contributed by atoms with Gasteiger partial charge in [0, 0.05) is 25.9 Å². The molecular formula is C35H55N5O3. The van der Waals surface area contributed by atoms with Crippen LogP contribution in [0.3, 0.4) is 0 Å². The Morgan fingerprint density at radius 2 is 1.77 bits per heavy atom. The number of carbonyl (C=O) groups is 1. The van der Waals surface area contributed by atoms with Crippen LogP contribution in [0.5, 0.6) is 5.75 Å². The van der Waals surface area contributed by atoms with E-state index in [9.17, 15) is 4.79 Å². The molecule has 2 heterocycles. The minimum absolute atomic E-state index is 0.0274. The Hall–Kier alpha value is -3.62. The topological polar surface area (TPSA) is 102 Å². The Kier molecular flexibility index (Phi) is 18.4. The van der Waals surface area contributed by atoms with Crippen LogP contribution in [0.15, 0.2) is 60.8 Å². The highest BCUT2D eigenvalue weighted by Crippen LogP contribution is 2.36. The van der Waals surface area contributed by atoms with Gasteiger partial charge in [-0.25, -0.2) is 4.98 Å². The minimum Gasteiger partial charge on any atom is -0.493 e. The van der Waals surface area contributed by atoms with E-state index in [1.807, 2.05) is 64.3 Å². The summed E-state index contributed by atoms with van der Waals surface area (Å²) >= 11 is 0. The van der Waals surface area contributed by atoms with Crippen LogP contribution < -0.4 is 26.0 Å². The van der Waals surface area contributed by atoms with Crippen LogP contribution in [-0.4, -0.2) is 51.4 Å². The molecule has 238 valence electrons. The Labute approximate surface area is 260 Å². The van der Waals surface area contributed by atoms with E-state index in [0.717, 1.165) is 54.2 Å². The average molecular weight is 594 g/mol. The van der Waals surface area contributed by atoms with Gasteiger partial charge >= 0.3 is 0 Å². The summed E-state index contributed by atoms with van der Waals surface area (Å²) in [6.07, 6.45) is 5.80. The van der Waals surface area contributed by atoms with E-state index in [0.29, 0.717) is 12.5 Å². The third kappa shape index (κ3) is 11.5. The molecule has 1 aliphatic rings. The second-order valence-electron chi connectivity index (χ2n) is 10.1. The summed E-state index contributed by atoms with van der Waals surface area (Å²) in [6.45, 7) is 14.1. The predicted octanol–water partition coefficient (Wildman–Crippen LogP) is 6.88. The largest absolute Gasteiger partial charge is 0.493 e. The van der Waals surface area contributed by atoms with Gasteiger partial charge in [-0.05, 0) is 67.6 Å². The van der Waals surface area contributed by atoms with Crippen molar-refractivity contribution in [1.29, 1.82) is 0 Å². The number of anilines is 2. The fraction of sp³-hybridized carbons (Fsp3) is 0.486. The number of hydrogen-bond donors (Lipinski definition) is 3. The van der Waals surface area contributed by atoms with Gasteiger partial charge in [-0.3, -0.25) is 4.79 Å². The minimum atomic E-state index is -0.0382. The lowest BCUT2D eigenvalue weighted by Gasteiger charge is -2.26. The second kappa shape index (κ2) is 21.1. The number of likely N-dealkylation sites (N-methyl/N-ethyl adjacent to an activating group) is 1. The predicted molar refractivity (Wildman–Crippen MR) is 182 cm³/mol. The summed E-state index contributed by atoms with van der Waals surface area (Å²) in [4.78, 5) is 17.6. The van der Waals surface area contributed by atoms with Gasteiger partial charge in [0.1, 0.15) is 11.9 Å². The van der Waals surface area contributed by atoms with Crippen LogP contribution in [0, 0.1) is 5.92 Å².